The third-order valence-corrected chi connectivity index (χ3v) is 6.14. The maximum Gasteiger partial charge on any atom is 0.255 e. The second-order valence-electron chi connectivity index (χ2n) is 8.54. The topological polar surface area (TPSA) is 66.3 Å². The zero-order valence-corrected chi connectivity index (χ0v) is 19.0. The Kier molecular flexibility index (Phi) is 6.63. The van der Waals surface area contributed by atoms with Crippen LogP contribution in [0.15, 0.2) is 91.5 Å². The van der Waals surface area contributed by atoms with E-state index in [1.807, 2.05) is 36.4 Å². The minimum Gasteiger partial charge on any atom is -0.369 e. The van der Waals surface area contributed by atoms with Crippen molar-refractivity contribution >= 4 is 17.3 Å². The molecule has 0 aliphatic carbocycles. The lowest BCUT2D eigenvalue weighted by Gasteiger charge is -2.36. The molecule has 34 heavy (non-hydrogen) atoms. The van der Waals surface area contributed by atoms with Gasteiger partial charge in [0.15, 0.2) is 0 Å². The number of aromatic nitrogens is 3. The first-order valence-corrected chi connectivity index (χ1v) is 11.6. The van der Waals surface area contributed by atoms with Crippen LogP contribution in [-0.4, -0.2) is 51.8 Å². The molecule has 0 atom stereocenters. The van der Waals surface area contributed by atoms with Gasteiger partial charge in [-0.1, -0.05) is 42.5 Å². The second kappa shape index (κ2) is 10.3. The molecule has 7 nitrogen and oxygen atoms in total. The number of hydrogen-bond acceptors (Lipinski definition) is 5. The Morgan fingerprint density at radius 2 is 1.50 bits per heavy atom. The molecule has 0 bridgehead atoms. The van der Waals surface area contributed by atoms with Crippen LogP contribution in [0, 0.1) is 0 Å². The molecule has 0 unspecified atom stereocenters. The lowest BCUT2D eigenvalue weighted by atomic mass is 10.1. The minimum absolute atomic E-state index is 0.116. The molecule has 1 saturated heterocycles. The quantitative estimate of drug-likeness (QED) is 0.461. The summed E-state index contributed by atoms with van der Waals surface area (Å²) in [6, 6.07) is 26.3. The van der Waals surface area contributed by atoms with Crippen molar-refractivity contribution in [1.29, 1.82) is 0 Å². The number of nitrogens with zero attached hydrogens (tertiary/aromatic N) is 5. The van der Waals surface area contributed by atoms with Crippen LogP contribution in [-0.2, 0) is 13.1 Å². The molecule has 3 aromatic carbocycles. The van der Waals surface area contributed by atoms with Gasteiger partial charge < -0.3 is 10.2 Å². The Balaban J connectivity index is 1.12. The van der Waals surface area contributed by atoms with Crippen LogP contribution in [0.25, 0.3) is 0 Å². The molecule has 1 N–H and O–H groups in total. The molecule has 1 aromatic heterocycles. The minimum atomic E-state index is -0.116. The second-order valence-corrected chi connectivity index (χ2v) is 8.54. The van der Waals surface area contributed by atoms with Gasteiger partial charge in [0.25, 0.3) is 5.91 Å². The molecule has 1 aliphatic heterocycles. The van der Waals surface area contributed by atoms with Crippen molar-refractivity contribution in [2.24, 2.45) is 0 Å². The van der Waals surface area contributed by atoms with Gasteiger partial charge in [-0.3, -0.25) is 9.69 Å². The zero-order chi connectivity index (χ0) is 23.2. The average Bonchev–Trinajstić information content (AvgIpc) is 3.39. The van der Waals surface area contributed by atoms with Crippen molar-refractivity contribution in [2.75, 3.05) is 36.4 Å². The fourth-order valence-corrected chi connectivity index (χ4v) is 4.23. The van der Waals surface area contributed by atoms with Crippen molar-refractivity contribution in [3.8, 4) is 0 Å². The number of carbonyl (C=O) groups excluding carboxylic acids is 1. The van der Waals surface area contributed by atoms with E-state index in [9.17, 15) is 4.79 Å². The van der Waals surface area contributed by atoms with Gasteiger partial charge in [0.1, 0.15) is 12.7 Å². The van der Waals surface area contributed by atoms with E-state index in [-0.39, 0.29) is 5.91 Å². The molecule has 7 heteroatoms. The molecule has 1 amide bonds. The molecular weight excluding hydrogens is 424 g/mol. The molecular formula is C27H28N6O. The molecule has 5 rings (SSSR count). The Morgan fingerprint density at radius 1 is 0.794 bits per heavy atom. The summed E-state index contributed by atoms with van der Waals surface area (Å²) in [6.07, 6.45) is 3.19. The van der Waals surface area contributed by atoms with Crippen LogP contribution in [0.1, 0.15) is 21.5 Å². The Hall–Kier alpha value is -3.97. The predicted molar refractivity (Wildman–Crippen MR) is 134 cm³/mol. The summed E-state index contributed by atoms with van der Waals surface area (Å²) >= 11 is 0. The molecule has 0 saturated carbocycles. The SMILES string of the molecule is O=C(Nc1ccc(N2CCN(Cc3ccccc3)CC2)cc1)c1ccc(Cn2cncn2)cc1. The maximum absolute atomic E-state index is 12.7. The van der Waals surface area contributed by atoms with Gasteiger partial charge in [-0.15, -0.1) is 0 Å². The third-order valence-electron chi connectivity index (χ3n) is 6.14. The Morgan fingerprint density at radius 3 is 2.18 bits per heavy atom. The highest BCUT2D eigenvalue weighted by molar-refractivity contribution is 6.04. The number of anilines is 2. The van der Waals surface area contributed by atoms with Gasteiger partial charge in [0.2, 0.25) is 0 Å². The van der Waals surface area contributed by atoms with Crippen LogP contribution in [0.3, 0.4) is 0 Å². The summed E-state index contributed by atoms with van der Waals surface area (Å²) in [4.78, 5) is 21.5. The number of hydrogen-bond donors (Lipinski definition) is 1. The number of nitrogens with one attached hydrogen (secondary N) is 1. The molecule has 4 aromatic rings. The lowest BCUT2D eigenvalue weighted by Crippen LogP contribution is -2.45. The van der Waals surface area contributed by atoms with Crippen molar-refractivity contribution in [2.45, 2.75) is 13.1 Å². The lowest BCUT2D eigenvalue weighted by molar-refractivity contribution is 0.102. The predicted octanol–water partition coefficient (Wildman–Crippen LogP) is 3.90. The molecule has 0 spiro atoms. The number of benzene rings is 3. The number of carbonyl (C=O) groups is 1. The summed E-state index contributed by atoms with van der Waals surface area (Å²) in [5.41, 5.74) is 5.04. The van der Waals surface area contributed by atoms with E-state index in [0.29, 0.717) is 12.1 Å². The average molecular weight is 453 g/mol. The molecule has 0 radical (unpaired) electrons. The highest BCUT2D eigenvalue weighted by atomic mass is 16.1. The van der Waals surface area contributed by atoms with Crippen LogP contribution in [0.5, 0.6) is 0 Å². The molecule has 2 heterocycles. The van der Waals surface area contributed by atoms with Crippen LogP contribution < -0.4 is 10.2 Å². The maximum atomic E-state index is 12.7. The van der Waals surface area contributed by atoms with E-state index in [0.717, 1.165) is 44.0 Å². The first kappa shape index (κ1) is 21.9. The highest BCUT2D eigenvalue weighted by Crippen LogP contribution is 2.21. The standard InChI is InChI=1S/C27H28N6O/c34-27(24-8-6-23(7-9-24)19-33-21-28-20-29-33)30-25-10-12-26(13-11-25)32-16-14-31(15-17-32)18-22-4-2-1-3-5-22/h1-13,20-21H,14-19H2,(H,30,34). The van der Waals surface area contributed by atoms with E-state index in [1.165, 1.54) is 17.6 Å². The van der Waals surface area contributed by atoms with Gasteiger partial charge in [-0.25, -0.2) is 9.67 Å². The largest absolute Gasteiger partial charge is 0.369 e. The van der Waals surface area contributed by atoms with E-state index >= 15 is 0 Å². The van der Waals surface area contributed by atoms with Crippen molar-refractivity contribution < 1.29 is 4.79 Å². The number of piperazine rings is 1. The van der Waals surface area contributed by atoms with E-state index in [1.54, 1.807) is 11.0 Å². The monoisotopic (exact) mass is 452 g/mol. The van der Waals surface area contributed by atoms with Crippen molar-refractivity contribution in [3.63, 3.8) is 0 Å². The first-order chi connectivity index (χ1) is 16.7. The summed E-state index contributed by atoms with van der Waals surface area (Å²) < 4.78 is 1.75. The summed E-state index contributed by atoms with van der Waals surface area (Å²) in [5.74, 6) is -0.116. The zero-order valence-electron chi connectivity index (χ0n) is 19.0. The number of rotatable bonds is 7. The fourth-order valence-electron chi connectivity index (χ4n) is 4.23. The fraction of sp³-hybridized carbons (Fsp3) is 0.222. The summed E-state index contributed by atoms with van der Waals surface area (Å²) in [5, 5.41) is 7.10. The molecule has 172 valence electrons. The van der Waals surface area contributed by atoms with Gasteiger partial charge in [0.05, 0.1) is 6.54 Å². The molecule has 1 fully saturated rings. The van der Waals surface area contributed by atoms with E-state index in [2.05, 4.69) is 67.7 Å². The third kappa shape index (κ3) is 5.50. The summed E-state index contributed by atoms with van der Waals surface area (Å²) in [7, 11) is 0. The number of amides is 1. The first-order valence-electron chi connectivity index (χ1n) is 11.6. The van der Waals surface area contributed by atoms with Crippen molar-refractivity contribution in [1.82, 2.24) is 19.7 Å². The smallest absolute Gasteiger partial charge is 0.255 e. The van der Waals surface area contributed by atoms with Crippen LogP contribution in [0.4, 0.5) is 11.4 Å². The van der Waals surface area contributed by atoms with Gasteiger partial charge >= 0.3 is 0 Å². The van der Waals surface area contributed by atoms with Crippen molar-refractivity contribution in [3.05, 3.63) is 108 Å². The highest BCUT2D eigenvalue weighted by Gasteiger charge is 2.17. The Bertz CT molecular complexity index is 1180. The Labute approximate surface area is 199 Å². The van der Waals surface area contributed by atoms with Crippen LogP contribution >= 0.6 is 0 Å². The van der Waals surface area contributed by atoms with Gasteiger partial charge in [-0.05, 0) is 47.5 Å². The molecule has 1 aliphatic rings. The van der Waals surface area contributed by atoms with E-state index in [4.69, 9.17) is 0 Å². The van der Waals surface area contributed by atoms with E-state index < -0.39 is 0 Å². The summed E-state index contributed by atoms with van der Waals surface area (Å²) in [6.45, 7) is 5.71. The normalized spacial score (nSPS) is 14.2. The van der Waals surface area contributed by atoms with Gasteiger partial charge in [0, 0.05) is 49.7 Å². The van der Waals surface area contributed by atoms with Gasteiger partial charge in [-0.2, -0.15) is 5.10 Å². The van der Waals surface area contributed by atoms with Crippen LogP contribution in [0.2, 0.25) is 0 Å².